The van der Waals surface area contributed by atoms with Gasteiger partial charge >= 0.3 is 0 Å². The Labute approximate surface area is 221 Å². The molecule has 0 aromatic heterocycles. The van der Waals surface area contributed by atoms with Crippen molar-refractivity contribution in [3.8, 4) is 39.9 Å². The van der Waals surface area contributed by atoms with Crippen molar-refractivity contribution in [1.29, 1.82) is 0 Å². The van der Waals surface area contributed by atoms with Crippen LogP contribution >= 0.6 is 0 Å². The molecule has 196 valence electrons. The zero-order valence-corrected chi connectivity index (χ0v) is 20.8. The van der Waals surface area contributed by atoms with Gasteiger partial charge in [0, 0.05) is 28.6 Å². The Hall–Kier alpha value is -5.32. The van der Waals surface area contributed by atoms with Crippen LogP contribution in [-0.4, -0.2) is 48.2 Å². The quantitative estimate of drug-likeness (QED) is 0.214. The van der Waals surface area contributed by atoms with E-state index in [1.807, 2.05) is 6.07 Å². The van der Waals surface area contributed by atoms with Gasteiger partial charge in [-0.2, -0.15) is 5.10 Å². The molecule has 1 N–H and O–H groups in total. The predicted molar refractivity (Wildman–Crippen MR) is 141 cm³/mol. The smallest absolute Gasteiger partial charge is 0.275 e. The molecule has 4 aromatic carbocycles. The average Bonchev–Trinajstić information content (AvgIpc) is 3.56. The first-order chi connectivity index (χ1) is 18.9. The van der Waals surface area contributed by atoms with Crippen LogP contribution in [-0.2, 0) is 6.54 Å². The van der Waals surface area contributed by atoms with Gasteiger partial charge in [-0.25, -0.2) is 5.01 Å². The molecule has 0 spiro atoms. The normalized spacial score (nSPS) is 13.8. The van der Waals surface area contributed by atoms with Gasteiger partial charge in [-0.15, -0.1) is 0 Å². The van der Waals surface area contributed by atoms with Gasteiger partial charge in [-0.1, -0.05) is 6.07 Å². The number of amides is 1. The molecule has 4 aromatic rings. The summed E-state index contributed by atoms with van der Waals surface area (Å²) in [6, 6.07) is 14.6. The number of aromatic hydroxyl groups is 1. The van der Waals surface area contributed by atoms with Crippen molar-refractivity contribution < 1.29 is 33.8 Å². The van der Waals surface area contributed by atoms with E-state index in [0.717, 1.165) is 0 Å². The van der Waals surface area contributed by atoms with E-state index in [2.05, 4.69) is 5.10 Å². The summed E-state index contributed by atoms with van der Waals surface area (Å²) in [5.74, 6) is 1.52. The number of nitrogens with zero attached hydrogens (tertiary/aromatic N) is 3. The lowest BCUT2D eigenvalue weighted by molar-refractivity contribution is -0.384. The van der Waals surface area contributed by atoms with Crippen LogP contribution in [0.5, 0.6) is 28.7 Å². The van der Waals surface area contributed by atoms with E-state index in [1.165, 1.54) is 49.7 Å². The first-order valence-corrected chi connectivity index (χ1v) is 11.8. The monoisotopic (exact) mass is 527 g/mol. The number of phenolic OH excluding ortho intramolecular Hbond substituents is 1. The Morgan fingerprint density at radius 2 is 1.67 bits per heavy atom. The number of fused-ring (bicyclic) bond motifs is 3. The topological polar surface area (TPSA) is 133 Å². The Morgan fingerprint density at radius 1 is 0.974 bits per heavy atom. The molecule has 0 saturated heterocycles. The second-order valence-electron chi connectivity index (χ2n) is 8.85. The summed E-state index contributed by atoms with van der Waals surface area (Å²) in [5, 5.41) is 28.9. The van der Waals surface area contributed by atoms with Crippen LogP contribution in [0.4, 0.5) is 5.69 Å². The number of rotatable bonds is 6. The molecule has 6 rings (SSSR count). The van der Waals surface area contributed by atoms with Crippen LogP contribution in [0, 0.1) is 10.1 Å². The molecule has 2 aliphatic heterocycles. The fourth-order valence-electron chi connectivity index (χ4n) is 4.85. The third-order valence-electron chi connectivity index (χ3n) is 6.75. The second-order valence-corrected chi connectivity index (χ2v) is 8.85. The van der Waals surface area contributed by atoms with Gasteiger partial charge in [-0.3, -0.25) is 14.9 Å². The van der Waals surface area contributed by atoms with Crippen LogP contribution in [0.2, 0.25) is 0 Å². The Bertz CT molecular complexity index is 1700. The molecule has 0 bridgehead atoms. The molecule has 2 aliphatic rings. The van der Waals surface area contributed by atoms with Crippen LogP contribution in [0.1, 0.15) is 21.5 Å². The molecule has 0 fully saturated rings. The molecule has 11 heteroatoms. The van der Waals surface area contributed by atoms with E-state index in [1.54, 1.807) is 24.3 Å². The minimum absolute atomic E-state index is 0.0192. The maximum atomic E-state index is 13.8. The fourth-order valence-corrected chi connectivity index (χ4v) is 4.85. The van der Waals surface area contributed by atoms with Crippen molar-refractivity contribution in [2.75, 3.05) is 21.0 Å². The van der Waals surface area contributed by atoms with Gasteiger partial charge in [0.2, 0.25) is 6.79 Å². The summed E-state index contributed by atoms with van der Waals surface area (Å²) in [7, 11) is 3.02. The van der Waals surface area contributed by atoms with Gasteiger partial charge in [0.05, 0.1) is 37.5 Å². The number of phenols is 1. The molecule has 0 radical (unpaired) electrons. The van der Waals surface area contributed by atoms with Crippen molar-refractivity contribution in [3.05, 3.63) is 81.4 Å². The summed E-state index contributed by atoms with van der Waals surface area (Å²) in [5.41, 5.74) is 2.49. The second kappa shape index (κ2) is 9.21. The summed E-state index contributed by atoms with van der Waals surface area (Å²) in [4.78, 5) is 24.2. The molecular weight excluding hydrogens is 506 g/mol. The summed E-state index contributed by atoms with van der Waals surface area (Å²) in [6.07, 6.45) is 1.44. The van der Waals surface area contributed by atoms with E-state index < -0.39 is 10.8 Å². The zero-order chi connectivity index (χ0) is 27.3. The molecule has 0 aliphatic carbocycles. The lowest BCUT2D eigenvalue weighted by atomic mass is 9.89. The van der Waals surface area contributed by atoms with Crippen LogP contribution < -0.4 is 18.9 Å². The van der Waals surface area contributed by atoms with Gasteiger partial charge in [0.1, 0.15) is 5.75 Å². The van der Waals surface area contributed by atoms with Gasteiger partial charge in [0.25, 0.3) is 11.6 Å². The summed E-state index contributed by atoms with van der Waals surface area (Å²) in [6.45, 7) is 0.119. The SMILES string of the molecule is COc1cc2c(O)c3c(c(-c4ccc5c(c4)OCO5)c2cc1OC)C(=O)N(/N=C/c1ccc([N+](=O)[O-])cc1)C3. The number of carbonyl (C=O) groups is 1. The fraction of sp³-hybridized carbons (Fsp3) is 0.143. The van der Waals surface area contributed by atoms with Crippen molar-refractivity contribution >= 4 is 28.6 Å². The third-order valence-corrected chi connectivity index (χ3v) is 6.75. The molecule has 11 nitrogen and oxygen atoms in total. The van der Waals surface area contributed by atoms with Crippen molar-refractivity contribution in [2.24, 2.45) is 5.10 Å². The number of nitro groups is 1. The van der Waals surface area contributed by atoms with Crippen LogP contribution in [0.3, 0.4) is 0 Å². The van der Waals surface area contributed by atoms with Gasteiger partial charge in [0.15, 0.2) is 23.0 Å². The Balaban J connectivity index is 1.51. The maximum Gasteiger partial charge on any atom is 0.275 e. The van der Waals surface area contributed by atoms with Crippen LogP contribution in [0.15, 0.2) is 59.7 Å². The molecule has 1 amide bonds. The first kappa shape index (κ1) is 24.0. The largest absolute Gasteiger partial charge is 0.507 e. The van der Waals surface area contributed by atoms with Crippen molar-refractivity contribution in [3.63, 3.8) is 0 Å². The third kappa shape index (κ3) is 3.91. The van der Waals surface area contributed by atoms with Crippen molar-refractivity contribution in [2.45, 2.75) is 6.54 Å². The average molecular weight is 527 g/mol. The number of methoxy groups -OCH3 is 2. The lowest BCUT2D eigenvalue weighted by Crippen LogP contribution is -2.18. The maximum absolute atomic E-state index is 13.8. The van der Waals surface area contributed by atoms with Gasteiger partial charge in [-0.05, 0) is 52.9 Å². The highest BCUT2D eigenvalue weighted by Crippen LogP contribution is 2.49. The first-order valence-electron chi connectivity index (χ1n) is 11.8. The number of hydrazone groups is 1. The van der Waals surface area contributed by atoms with E-state index in [4.69, 9.17) is 18.9 Å². The van der Waals surface area contributed by atoms with E-state index in [9.17, 15) is 20.0 Å². The molecule has 0 atom stereocenters. The van der Waals surface area contributed by atoms with Gasteiger partial charge < -0.3 is 24.1 Å². The highest BCUT2D eigenvalue weighted by atomic mass is 16.7. The predicted octanol–water partition coefficient (Wildman–Crippen LogP) is 4.86. The Kier molecular flexibility index (Phi) is 5.68. The molecular formula is C28H21N3O8. The summed E-state index contributed by atoms with van der Waals surface area (Å²) < 4.78 is 22.0. The molecule has 0 saturated carbocycles. The minimum atomic E-state index is -0.489. The Morgan fingerprint density at radius 3 is 2.36 bits per heavy atom. The number of nitro benzene ring substituents is 1. The molecule has 0 unspecified atom stereocenters. The van der Waals surface area contributed by atoms with Crippen molar-refractivity contribution in [1.82, 2.24) is 5.01 Å². The highest BCUT2D eigenvalue weighted by Gasteiger charge is 2.36. The number of hydrogen-bond donors (Lipinski definition) is 1. The van der Waals surface area contributed by atoms with E-state index >= 15 is 0 Å². The minimum Gasteiger partial charge on any atom is -0.507 e. The summed E-state index contributed by atoms with van der Waals surface area (Å²) >= 11 is 0. The number of hydrogen-bond acceptors (Lipinski definition) is 9. The number of benzene rings is 4. The van der Waals surface area contributed by atoms with E-state index in [-0.39, 0.29) is 24.8 Å². The zero-order valence-electron chi connectivity index (χ0n) is 20.8. The van der Waals surface area contributed by atoms with Crippen LogP contribution in [0.25, 0.3) is 21.9 Å². The number of non-ortho nitro benzene ring substituents is 1. The standard InChI is InChI=1S/C28H21N3O8/c1-36-22-10-18-19(11-23(22)37-2)27(32)20-13-30(29-12-15-3-6-17(7-4-15)31(34)35)28(33)26(20)25(18)16-5-8-21-24(9-16)39-14-38-21/h3-12,32H,13-14H2,1-2H3/b29-12+. The van der Waals surface area contributed by atoms with E-state index in [0.29, 0.717) is 61.6 Å². The lowest BCUT2D eigenvalue weighted by Gasteiger charge is -2.17. The number of carbonyl (C=O) groups excluding carboxylic acids is 1. The number of ether oxygens (including phenoxy) is 4. The highest BCUT2D eigenvalue weighted by molar-refractivity contribution is 6.15. The molecule has 2 heterocycles. The molecule has 39 heavy (non-hydrogen) atoms.